The van der Waals surface area contributed by atoms with Crippen LogP contribution in [0.4, 0.5) is 19.0 Å². The number of aromatic nitrogens is 2. The van der Waals surface area contributed by atoms with Crippen molar-refractivity contribution in [1.29, 1.82) is 0 Å². The third-order valence-corrected chi connectivity index (χ3v) is 4.05. The zero-order valence-electron chi connectivity index (χ0n) is 12.2. The number of para-hydroxylation sites is 1. The van der Waals surface area contributed by atoms with Crippen LogP contribution < -0.4 is 5.32 Å². The van der Waals surface area contributed by atoms with Crippen molar-refractivity contribution in [3.8, 4) is 0 Å². The maximum atomic E-state index is 13.0. The molecule has 3 nitrogen and oxygen atoms in total. The predicted molar refractivity (Wildman–Crippen MR) is 79.7 cm³/mol. The van der Waals surface area contributed by atoms with E-state index in [1.54, 1.807) is 24.3 Å². The summed E-state index contributed by atoms with van der Waals surface area (Å²) in [5.74, 6) is -0.785. The van der Waals surface area contributed by atoms with Crippen LogP contribution in [0, 0.1) is 0 Å². The Balaban J connectivity index is 1.98. The highest BCUT2D eigenvalue weighted by Crippen LogP contribution is 2.31. The number of nitrogens with zero attached hydrogens (tertiary/aromatic N) is 2. The number of nitrogens with one attached hydrogen (secondary N) is 1. The first kappa shape index (κ1) is 15.1. The lowest BCUT2D eigenvalue weighted by atomic mass is 10.1. The van der Waals surface area contributed by atoms with Crippen molar-refractivity contribution < 1.29 is 13.2 Å². The van der Waals surface area contributed by atoms with Gasteiger partial charge in [-0.3, -0.25) is 0 Å². The number of hydrogen-bond donors (Lipinski definition) is 1. The van der Waals surface area contributed by atoms with Crippen LogP contribution in [0.15, 0.2) is 24.3 Å². The molecule has 3 rings (SSSR count). The van der Waals surface area contributed by atoms with E-state index < -0.39 is 12.0 Å². The molecule has 6 heteroatoms. The molecular weight excluding hydrogens is 291 g/mol. The SMILES string of the molecule is FC(F)(F)c1nc(NC2CCCCCC2)c2ccccc2n1. The van der Waals surface area contributed by atoms with E-state index in [2.05, 4.69) is 15.3 Å². The van der Waals surface area contributed by atoms with Crippen molar-refractivity contribution in [2.24, 2.45) is 0 Å². The van der Waals surface area contributed by atoms with Gasteiger partial charge in [0.2, 0.25) is 5.82 Å². The zero-order valence-corrected chi connectivity index (χ0v) is 12.2. The first-order valence-electron chi connectivity index (χ1n) is 7.64. The molecule has 1 aromatic heterocycles. The second-order valence-electron chi connectivity index (χ2n) is 5.74. The number of benzene rings is 1. The Morgan fingerprint density at radius 1 is 0.955 bits per heavy atom. The van der Waals surface area contributed by atoms with E-state index in [4.69, 9.17) is 0 Å². The molecule has 0 radical (unpaired) electrons. The van der Waals surface area contributed by atoms with Gasteiger partial charge in [0.15, 0.2) is 0 Å². The normalized spacial score (nSPS) is 17.4. The van der Waals surface area contributed by atoms with Crippen LogP contribution in [0.25, 0.3) is 10.9 Å². The van der Waals surface area contributed by atoms with Crippen LogP contribution >= 0.6 is 0 Å². The minimum atomic E-state index is -4.54. The molecule has 0 unspecified atom stereocenters. The van der Waals surface area contributed by atoms with Gasteiger partial charge in [0.05, 0.1) is 5.52 Å². The highest BCUT2D eigenvalue weighted by atomic mass is 19.4. The van der Waals surface area contributed by atoms with E-state index >= 15 is 0 Å². The van der Waals surface area contributed by atoms with Gasteiger partial charge < -0.3 is 5.32 Å². The average Bonchev–Trinajstić information content (AvgIpc) is 2.75. The van der Waals surface area contributed by atoms with E-state index in [1.165, 1.54) is 12.8 Å². The largest absolute Gasteiger partial charge is 0.451 e. The average molecular weight is 309 g/mol. The highest BCUT2D eigenvalue weighted by molar-refractivity contribution is 5.89. The maximum Gasteiger partial charge on any atom is 0.451 e. The molecule has 0 saturated heterocycles. The van der Waals surface area contributed by atoms with E-state index in [1.807, 2.05) is 0 Å². The van der Waals surface area contributed by atoms with Crippen LogP contribution in [0.2, 0.25) is 0 Å². The van der Waals surface area contributed by atoms with Gasteiger partial charge in [0.25, 0.3) is 0 Å². The lowest BCUT2D eigenvalue weighted by Crippen LogP contribution is -2.21. The summed E-state index contributed by atoms with van der Waals surface area (Å²) in [6.45, 7) is 0. The Morgan fingerprint density at radius 3 is 2.32 bits per heavy atom. The molecule has 1 saturated carbocycles. The molecule has 1 fully saturated rings. The van der Waals surface area contributed by atoms with Crippen molar-refractivity contribution >= 4 is 16.7 Å². The maximum absolute atomic E-state index is 13.0. The molecule has 0 amide bonds. The van der Waals surface area contributed by atoms with Gasteiger partial charge in [-0.2, -0.15) is 13.2 Å². The standard InChI is InChI=1S/C16H18F3N3/c17-16(18,19)15-21-13-10-6-5-9-12(13)14(22-15)20-11-7-3-1-2-4-8-11/h5-6,9-11H,1-4,7-8H2,(H,20,21,22). The predicted octanol–water partition coefficient (Wildman–Crippen LogP) is 4.78. The van der Waals surface area contributed by atoms with Crippen molar-refractivity contribution in [1.82, 2.24) is 9.97 Å². The Labute approximate surface area is 127 Å². The third kappa shape index (κ3) is 3.31. The summed E-state index contributed by atoms with van der Waals surface area (Å²) in [7, 11) is 0. The molecule has 22 heavy (non-hydrogen) atoms. The van der Waals surface area contributed by atoms with E-state index in [9.17, 15) is 13.2 Å². The third-order valence-electron chi connectivity index (χ3n) is 4.05. The van der Waals surface area contributed by atoms with Crippen molar-refractivity contribution in [2.45, 2.75) is 50.7 Å². The summed E-state index contributed by atoms with van der Waals surface area (Å²) in [4.78, 5) is 7.39. The summed E-state index contributed by atoms with van der Waals surface area (Å²) >= 11 is 0. The highest BCUT2D eigenvalue weighted by Gasteiger charge is 2.35. The van der Waals surface area contributed by atoms with E-state index in [0.29, 0.717) is 16.7 Å². The molecule has 0 bridgehead atoms. The molecule has 2 aromatic rings. The van der Waals surface area contributed by atoms with E-state index in [-0.39, 0.29) is 6.04 Å². The van der Waals surface area contributed by atoms with Gasteiger partial charge in [0, 0.05) is 11.4 Å². The second-order valence-corrected chi connectivity index (χ2v) is 5.74. The van der Waals surface area contributed by atoms with Crippen molar-refractivity contribution in [3.05, 3.63) is 30.1 Å². The molecule has 1 aliphatic rings. The van der Waals surface area contributed by atoms with Crippen LogP contribution in [-0.4, -0.2) is 16.0 Å². The molecule has 1 heterocycles. The second kappa shape index (κ2) is 6.10. The number of alkyl halides is 3. The monoisotopic (exact) mass is 309 g/mol. The van der Waals surface area contributed by atoms with Gasteiger partial charge in [-0.1, -0.05) is 37.8 Å². The molecule has 1 aromatic carbocycles. The zero-order chi connectivity index (χ0) is 15.6. The van der Waals surface area contributed by atoms with Gasteiger partial charge in [-0.15, -0.1) is 0 Å². The lowest BCUT2D eigenvalue weighted by Gasteiger charge is -2.19. The number of rotatable bonds is 2. The summed E-state index contributed by atoms with van der Waals surface area (Å²) in [5, 5.41) is 3.86. The van der Waals surface area contributed by atoms with Crippen molar-refractivity contribution in [3.63, 3.8) is 0 Å². The Morgan fingerprint density at radius 2 is 1.64 bits per heavy atom. The number of anilines is 1. The molecule has 0 spiro atoms. The van der Waals surface area contributed by atoms with Crippen LogP contribution in [0.5, 0.6) is 0 Å². The first-order chi connectivity index (χ1) is 10.5. The topological polar surface area (TPSA) is 37.8 Å². The molecule has 0 atom stereocenters. The summed E-state index contributed by atoms with van der Waals surface area (Å²) in [5.41, 5.74) is 0.320. The molecule has 1 aliphatic carbocycles. The minimum Gasteiger partial charge on any atom is -0.367 e. The quantitative estimate of drug-likeness (QED) is 0.811. The fourth-order valence-electron chi connectivity index (χ4n) is 2.93. The molecular formula is C16H18F3N3. The fraction of sp³-hybridized carbons (Fsp3) is 0.500. The molecule has 0 aliphatic heterocycles. The van der Waals surface area contributed by atoms with Crippen LogP contribution in [0.3, 0.4) is 0 Å². The first-order valence-corrected chi connectivity index (χ1v) is 7.64. The number of halogens is 3. The number of hydrogen-bond acceptors (Lipinski definition) is 3. The smallest absolute Gasteiger partial charge is 0.367 e. The summed E-state index contributed by atoms with van der Waals surface area (Å²) in [6.07, 6.45) is 2.00. The fourth-order valence-corrected chi connectivity index (χ4v) is 2.93. The Bertz CT molecular complexity index is 647. The summed E-state index contributed by atoms with van der Waals surface area (Å²) < 4.78 is 39.0. The van der Waals surface area contributed by atoms with Gasteiger partial charge >= 0.3 is 6.18 Å². The lowest BCUT2D eigenvalue weighted by molar-refractivity contribution is -0.144. The van der Waals surface area contributed by atoms with Crippen LogP contribution in [0.1, 0.15) is 44.3 Å². The molecule has 118 valence electrons. The van der Waals surface area contributed by atoms with Gasteiger partial charge in [-0.25, -0.2) is 9.97 Å². The Kier molecular flexibility index (Phi) is 4.18. The van der Waals surface area contributed by atoms with Gasteiger partial charge in [0.1, 0.15) is 5.82 Å². The minimum absolute atomic E-state index is 0.182. The summed E-state index contributed by atoms with van der Waals surface area (Å²) in [6, 6.07) is 7.00. The van der Waals surface area contributed by atoms with Gasteiger partial charge in [-0.05, 0) is 25.0 Å². The molecule has 1 N–H and O–H groups in total. The van der Waals surface area contributed by atoms with E-state index in [0.717, 1.165) is 25.7 Å². The number of fused-ring (bicyclic) bond motifs is 1. The Hall–Kier alpha value is -1.85. The van der Waals surface area contributed by atoms with Crippen molar-refractivity contribution in [2.75, 3.05) is 5.32 Å². The van der Waals surface area contributed by atoms with Crippen LogP contribution in [-0.2, 0) is 6.18 Å².